The van der Waals surface area contributed by atoms with E-state index < -0.39 is 74.3 Å². The van der Waals surface area contributed by atoms with Crippen LogP contribution in [-0.2, 0) is 29.1 Å². The van der Waals surface area contributed by atoms with Crippen LogP contribution in [0.5, 0.6) is 17.4 Å². The van der Waals surface area contributed by atoms with Crippen LogP contribution in [0.1, 0.15) is 86.0 Å². The number of carbonyl (C=O) groups excluding carboxylic acids is 4. The number of allylic oxidation sites excluding steroid dienone is 1. The molecule has 0 radical (unpaired) electrons. The monoisotopic (exact) mass is 795 g/mol. The third kappa shape index (κ3) is 8.40. The molecule has 4 heterocycles. The van der Waals surface area contributed by atoms with Gasteiger partial charge in [-0.15, -0.1) is 0 Å². The molecule has 5 aliphatic rings. The van der Waals surface area contributed by atoms with Gasteiger partial charge in [0, 0.05) is 29.3 Å². The lowest BCUT2D eigenvalue weighted by Gasteiger charge is -2.34. The second kappa shape index (κ2) is 15.4. The minimum atomic E-state index is -3.91. The minimum Gasteiger partial charge on any atom is -0.486 e. The van der Waals surface area contributed by atoms with Gasteiger partial charge in [-0.25, -0.2) is 18.2 Å². The zero-order valence-electron chi connectivity index (χ0n) is 32.7. The van der Waals surface area contributed by atoms with Gasteiger partial charge in [0.2, 0.25) is 27.7 Å². The highest BCUT2D eigenvalue weighted by atomic mass is 32.2. The van der Waals surface area contributed by atoms with Crippen LogP contribution in [0.25, 0.3) is 10.8 Å². The zero-order chi connectivity index (χ0) is 40.0. The maximum absolute atomic E-state index is 14.9. The van der Waals surface area contributed by atoms with Crippen LogP contribution in [0.4, 0.5) is 4.79 Å². The molecule has 16 heteroatoms. The SMILES string of the molecule is CC[C@@H]1C[C@H](C)CC/C=C\C2C[C@@]2(C(=O)NS(=O)(=O)C2CC2)NC(=O)[C@@H]2C[C@@H](Oc3nccc4c5c(ccc34)OCCO5)CN2C(=O)[C@H]1NC(=O)OC(C)(C)C. The Morgan fingerprint density at radius 3 is 2.57 bits per heavy atom. The normalized spacial score (nSPS) is 30.1. The fourth-order valence-electron chi connectivity index (χ4n) is 8.14. The lowest BCUT2D eigenvalue weighted by Crippen LogP contribution is -2.59. The van der Waals surface area contributed by atoms with E-state index in [9.17, 15) is 27.6 Å². The van der Waals surface area contributed by atoms with Crippen LogP contribution in [-0.4, -0.2) is 96.5 Å². The molecule has 304 valence electrons. The summed E-state index contributed by atoms with van der Waals surface area (Å²) in [4.78, 5) is 62.6. The number of alkyl carbamates (subject to hydrolysis) is 1. The number of hydrogen-bond donors (Lipinski definition) is 3. The summed E-state index contributed by atoms with van der Waals surface area (Å²) < 4.78 is 51.9. The first-order valence-electron chi connectivity index (χ1n) is 19.8. The molecule has 4 amide bonds. The summed E-state index contributed by atoms with van der Waals surface area (Å²) in [5, 5.41) is 6.52. The van der Waals surface area contributed by atoms with Crippen molar-refractivity contribution in [3.63, 3.8) is 0 Å². The summed E-state index contributed by atoms with van der Waals surface area (Å²) in [6, 6.07) is 3.24. The Bertz CT molecular complexity index is 2010. The summed E-state index contributed by atoms with van der Waals surface area (Å²) in [7, 11) is -3.91. The molecular formula is C40H53N5O10S. The Morgan fingerprint density at radius 1 is 1.07 bits per heavy atom. The van der Waals surface area contributed by atoms with E-state index in [0.29, 0.717) is 62.2 Å². The van der Waals surface area contributed by atoms with E-state index in [2.05, 4.69) is 27.3 Å². The summed E-state index contributed by atoms with van der Waals surface area (Å²) >= 11 is 0. The number of amides is 4. The van der Waals surface area contributed by atoms with E-state index in [1.165, 1.54) is 4.90 Å². The van der Waals surface area contributed by atoms with Gasteiger partial charge in [0.25, 0.3) is 5.91 Å². The number of hydrogen-bond acceptors (Lipinski definition) is 11. The van der Waals surface area contributed by atoms with Crippen LogP contribution < -0.4 is 29.6 Å². The van der Waals surface area contributed by atoms with E-state index in [0.717, 1.165) is 11.8 Å². The Hall–Kier alpha value is -4.60. The van der Waals surface area contributed by atoms with Crippen molar-refractivity contribution in [2.45, 2.75) is 121 Å². The Labute approximate surface area is 327 Å². The second-order valence-electron chi connectivity index (χ2n) is 16.9. The van der Waals surface area contributed by atoms with Gasteiger partial charge in [-0.05, 0) is 89.3 Å². The van der Waals surface area contributed by atoms with Gasteiger partial charge in [0.05, 0.1) is 11.8 Å². The molecule has 2 saturated carbocycles. The van der Waals surface area contributed by atoms with Crippen molar-refractivity contribution < 1.29 is 46.5 Å². The van der Waals surface area contributed by atoms with Crippen LogP contribution in [0.2, 0.25) is 0 Å². The highest BCUT2D eigenvalue weighted by Crippen LogP contribution is 2.46. The Kier molecular flexibility index (Phi) is 10.9. The van der Waals surface area contributed by atoms with Gasteiger partial charge in [0.15, 0.2) is 11.5 Å². The predicted octanol–water partition coefficient (Wildman–Crippen LogP) is 4.13. The van der Waals surface area contributed by atoms with E-state index in [1.807, 2.05) is 25.1 Å². The van der Waals surface area contributed by atoms with E-state index in [4.69, 9.17) is 18.9 Å². The molecule has 1 aromatic heterocycles. The average Bonchev–Trinajstić information content (AvgIpc) is 4.07. The smallest absolute Gasteiger partial charge is 0.408 e. The van der Waals surface area contributed by atoms with Gasteiger partial charge in [-0.2, -0.15) is 0 Å². The van der Waals surface area contributed by atoms with Gasteiger partial charge in [0.1, 0.15) is 42.5 Å². The summed E-state index contributed by atoms with van der Waals surface area (Å²) in [6.45, 7) is 10.1. The van der Waals surface area contributed by atoms with Crippen LogP contribution >= 0.6 is 0 Å². The van der Waals surface area contributed by atoms with Crippen LogP contribution in [0.15, 0.2) is 36.5 Å². The number of pyridine rings is 1. The largest absolute Gasteiger partial charge is 0.486 e. The molecule has 2 aromatic rings. The fraction of sp³-hybridized carbons (Fsp3) is 0.625. The topological polar surface area (TPSA) is 192 Å². The number of carbonyl (C=O) groups is 4. The molecule has 7 atom stereocenters. The summed E-state index contributed by atoms with van der Waals surface area (Å²) in [6.07, 6.45) is 7.76. The molecule has 3 aliphatic heterocycles. The molecule has 1 unspecified atom stereocenters. The van der Waals surface area contributed by atoms with Crippen molar-refractivity contribution in [2.24, 2.45) is 17.8 Å². The number of fused-ring (bicyclic) bond motifs is 5. The highest BCUT2D eigenvalue weighted by molar-refractivity contribution is 7.91. The number of sulfonamides is 1. The molecule has 0 bridgehead atoms. The van der Waals surface area contributed by atoms with Crippen molar-refractivity contribution in [1.29, 1.82) is 0 Å². The van der Waals surface area contributed by atoms with Crippen molar-refractivity contribution in [3.8, 4) is 17.4 Å². The van der Waals surface area contributed by atoms with Gasteiger partial charge >= 0.3 is 6.09 Å². The molecule has 0 spiro atoms. The summed E-state index contributed by atoms with van der Waals surface area (Å²) in [5.41, 5.74) is -2.35. The van der Waals surface area contributed by atoms with Crippen LogP contribution in [0, 0.1) is 17.8 Å². The average molecular weight is 796 g/mol. The molecule has 1 saturated heterocycles. The van der Waals surface area contributed by atoms with E-state index in [1.54, 1.807) is 39.1 Å². The molecule has 2 aliphatic carbocycles. The molecule has 15 nitrogen and oxygen atoms in total. The van der Waals surface area contributed by atoms with E-state index >= 15 is 0 Å². The van der Waals surface area contributed by atoms with Crippen molar-refractivity contribution >= 4 is 44.6 Å². The van der Waals surface area contributed by atoms with Gasteiger partial charge < -0.3 is 34.5 Å². The first kappa shape index (κ1) is 39.6. The summed E-state index contributed by atoms with van der Waals surface area (Å²) in [5.74, 6) is -1.03. The standard InChI is InChI=1S/C40H53N5O10S/c1-6-24-19-23(2)9-7-8-10-25-21-40(25,37(48)44-56(50,51)27-11-12-27)43-34(46)30-20-26(22-45(30)36(47)32(24)42-38(49)55-39(3,4)5)54-35-29-13-14-31-33(53-18-17-52-31)28(29)15-16-41-35/h8,10,13-16,23-27,30,32H,6-7,9,11-12,17-22H2,1-5H3,(H,42,49)(H,43,46)(H,44,48)/b10-8-/t23-,24-,25?,26-,30+,32+,40-/m1/s1. The fourth-order valence-corrected chi connectivity index (χ4v) is 9.50. The molecule has 3 fully saturated rings. The maximum Gasteiger partial charge on any atom is 0.408 e. The predicted molar refractivity (Wildman–Crippen MR) is 205 cm³/mol. The highest BCUT2D eigenvalue weighted by Gasteiger charge is 2.62. The van der Waals surface area contributed by atoms with Crippen molar-refractivity contribution in [2.75, 3.05) is 19.8 Å². The number of rotatable bonds is 7. The molecule has 1 aromatic carbocycles. The molecule has 7 rings (SSSR count). The third-order valence-electron chi connectivity index (χ3n) is 11.3. The molecule has 3 N–H and O–H groups in total. The lowest BCUT2D eigenvalue weighted by atomic mass is 9.85. The first-order valence-corrected chi connectivity index (χ1v) is 21.3. The second-order valence-corrected chi connectivity index (χ2v) is 18.8. The number of ether oxygens (including phenoxy) is 4. The number of aromatic nitrogens is 1. The van der Waals surface area contributed by atoms with E-state index in [-0.39, 0.29) is 37.1 Å². The zero-order valence-corrected chi connectivity index (χ0v) is 33.5. The van der Waals surface area contributed by atoms with Crippen molar-refractivity contribution in [3.05, 3.63) is 36.5 Å². The number of nitrogens with zero attached hydrogens (tertiary/aromatic N) is 2. The quantitative estimate of drug-likeness (QED) is 0.342. The van der Waals surface area contributed by atoms with Crippen LogP contribution in [0.3, 0.4) is 0 Å². The van der Waals surface area contributed by atoms with Gasteiger partial charge in [-0.1, -0.05) is 32.4 Å². The Balaban J connectivity index is 1.23. The van der Waals surface area contributed by atoms with Gasteiger partial charge in [-0.3, -0.25) is 19.1 Å². The van der Waals surface area contributed by atoms with Crippen molar-refractivity contribution in [1.82, 2.24) is 25.2 Å². The Morgan fingerprint density at radius 2 is 1.84 bits per heavy atom. The molecule has 56 heavy (non-hydrogen) atoms. The molecular weight excluding hydrogens is 743 g/mol. The minimum absolute atomic E-state index is 0.0311. The first-order chi connectivity index (χ1) is 26.6. The lowest BCUT2D eigenvalue weighted by molar-refractivity contribution is -0.142. The number of benzene rings is 1. The maximum atomic E-state index is 14.9. The third-order valence-corrected chi connectivity index (χ3v) is 13.2. The number of nitrogens with one attached hydrogen (secondary N) is 3.